The summed E-state index contributed by atoms with van der Waals surface area (Å²) in [5.41, 5.74) is 0. The zero-order valence-electron chi connectivity index (χ0n) is 12.8. The van der Waals surface area contributed by atoms with Crippen LogP contribution in [0.2, 0.25) is 18.1 Å². The maximum Gasteiger partial charge on any atom is 0.191 e. The van der Waals surface area contributed by atoms with Crippen molar-refractivity contribution in [2.75, 3.05) is 6.61 Å². The first-order valence-corrected chi connectivity index (χ1v) is 10.6. The van der Waals surface area contributed by atoms with Gasteiger partial charge in [-0.25, -0.2) is 0 Å². The SMILES string of the molecule is CC(C)(C)[Si](C)(C)OCC/C=C/Sc1ccccc1. The number of hydrogen-bond acceptors (Lipinski definition) is 2. The van der Waals surface area contributed by atoms with E-state index in [0.717, 1.165) is 13.0 Å². The molecule has 19 heavy (non-hydrogen) atoms. The first-order valence-electron chi connectivity index (χ1n) is 6.83. The lowest BCUT2D eigenvalue weighted by Crippen LogP contribution is -2.40. The Morgan fingerprint density at radius 2 is 1.79 bits per heavy atom. The molecule has 0 saturated heterocycles. The van der Waals surface area contributed by atoms with E-state index < -0.39 is 8.32 Å². The van der Waals surface area contributed by atoms with Crippen LogP contribution in [-0.2, 0) is 4.43 Å². The van der Waals surface area contributed by atoms with E-state index in [1.165, 1.54) is 4.90 Å². The summed E-state index contributed by atoms with van der Waals surface area (Å²) in [5.74, 6) is 0. The molecule has 1 rings (SSSR count). The zero-order valence-corrected chi connectivity index (χ0v) is 14.6. The van der Waals surface area contributed by atoms with Gasteiger partial charge in [0.1, 0.15) is 0 Å². The molecule has 106 valence electrons. The Balaban J connectivity index is 2.25. The average molecular weight is 295 g/mol. The zero-order chi connectivity index (χ0) is 14.4. The first kappa shape index (κ1) is 16.5. The van der Waals surface area contributed by atoms with E-state index >= 15 is 0 Å². The number of benzene rings is 1. The third kappa shape index (κ3) is 5.98. The molecule has 0 bridgehead atoms. The summed E-state index contributed by atoms with van der Waals surface area (Å²) >= 11 is 1.76. The smallest absolute Gasteiger partial charge is 0.191 e. The molecule has 1 aromatic carbocycles. The highest BCUT2D eigenvalue weighted by Crippen LogP contribution is 2.36. The van der Waals surface area contributed by atoms with Gasteiger partial charge in [-0.15, -0.1) is 0 Å². The molecule has 1 aromatic rings. The highest BCUT2D eigenvalue weighted by molar-refractivity contribution is 8.02. The van der Waals surface area contributed by atoms with Crippen LogP contribution in [-0.4, -0.2) is 14.9 Å². The Morgan fingerprint density at radius 3 is 2.37 bits per heavy atom. The first-order chi connectivity index (χ1) is 8.83. The van der Waals surface area contributed by atoms with Gasteiger partial charge in [-0.05, 0) is 42.1 Å². The van der Waals surface area contributed by atoms with E-state index in [4.69, 9.17) is 4.43 Å². The molecular weight excluding hydrogens is 268 g/mol. The Morgan fingerprint density at radius 1 is 1.16 bits per heavy atom. The van der Waals surface area contributed by atoms with Crippen molar-refractivity contribution >= 4 is 20.1 Å². The summed E-state index contributed by atoms with van der Waals surface area (Å²) in [4.78, 5) is 1.28. The van der Waals surface area contributed by atoms with E-state index in [1.54, 1.807) is 11.8 Å². The Labute approximate surface area is 123 Å². The third-order valence-electron chi connectivity index (χ3n) is 3.60. The van der Waals surface area contributed by atoms with Gasteiger partial charge >= 0.3 is 0 Å². The van der Waals surface area contributed by atoms with Crippen LogP contribution in [0, 0.1) is 0 Å². The normalized spacial score (nSPS) is 13.1. The fourth-order valence-electron chi connectivity index (χ4n) is 1.29. The second kappa shape index (κ2) is 7.32. The summed E-state index contributed by atoms with van der Waals surface area (Å²) in [5, 5.41) is 2.46. The van der Waals surface area contributed by atoms with Crippen LogP contribution >= 0.6 is 11.8 Å². The molecule has 1 nitrogen and oxygen atoms in total. The van der Waals surface area contributed by atoms with Crippen LogP contribution in [0.4, 0.5) is 0 Å². The Hall–Kier alpha value is -0.513. The summed E-state index contributed by atoms with van der Waals surface area (Å²) in [6, 6.07) is 10.4. The summed E-state index contributed by atoms with van der Waals surface area (Å²) in [6.07, 6.45) is 3.19. The molecule has 0 fully saturated rings. The van der Waals surface area contributed by atoms with E-state index in [-0.39, 0.29) is 0 Å². The third-order valence-corrected chi connectivity index (χ3v) is 9.01. The molecule has 0 aliphatic heterocycles. The Kier molecular flexibility index (Phi) is 6.37. The molecule has 0 atom stereocenters. The van der Waals surface area contributed by atoms with Crippen molar-refractivity contribution in [3.05, 3.63) is 41.8 Å². The van der Waals surface area contributed by atoms with E-state index in [1.807, 2.05) is 6.07 Å². The molecule has 0 amide bonds. The van der Waals surface area contributed by atoms with Gasteiger partial charge in [0.25, 0.3) is 0 Å². The molecule has 0 saturated carbocycles. The van der Waals surface area contributed by atoms with Gasteiger partial charge in [0.05, 0.1) is 0 Å². The van der Waals surface area contributed by atoms with Crippen LogP contribution in [0.15, 0.2) is 46.7 Å². The summed E-state index contributed by atoms with van der Waals surface area (Å²) in [7, 11) is -1.57. The highest BCUT2D eigenvalue weighted by Gasteiger charge is 2.36. The minimum atomic E-state index is -1.57. The van der Waals surface area contributed by atoms with Crippen molar-refractivity contribution in [2.45, 2.75) is 50.2 Å². The quantitative estimate of drug-likeness (QED) is 0.378. The molecular formula is C16H26OSSi. The number of rotatable bonds is 6. The molecule has 0 heterocycles. The molecule has 0 aliphatic rings. The maximum absolute atomic E-state index is 6.12. The lowest BCUT2D eigenvalue weighted by Gasteiger charge is -2.36. The van der Waals surface area contributed by atoms with E-state index in [9.17, 15) is 0 Å². The van der Waals surface area contributed by atoms with Gasteiger partial charge in [-0.1, -0.05) is 56.8 Å². The van der Waals surface area contributed by atoms with Crippen molar-refractivity contribution in [1.29, 1.82) is 0 Å². The molecule has 0 spiro atoms. The lowest BCUT2D eigenvalue weighted by atomic mass is 10.2. The van der Waals surface area contributed by atoms with Gasteiger partial charge < -0.3 is 4.43 Å². The highest BCUT2D eigenvalue weighted by atomic mass is 32.2. The molecule has 0 radical (unpaired) electrons. The predicted molar refractivity (Wildman–Crippen MR) is 89.2 cm³/mol. The van der Waals surface area contributed by atoms with Gasteiger partial charge in [0, 0.05) is 11.5 Å². The minimum Gasteiger partial charge on any atom is -0.417 e. The monoisotopic (exact) mass is 294 g/mol. The topological polar surface area (TPSA) is 9.23 Å². The Bertz CT molecular complexity index is 393. The minimum absolute atomic E-state index is 0.301. The maximum atomic E-state index is 6.12. The number of hydrogen-bond donors (Lipinski definition) is 0. The van der Waals surface area contributed by atoms with Crippen LogP contribution in [0.3, 0.4) is 0 Å². The van der Waals surface area contributed by atoms with Crippen LogP contribution in [0.5, 0.6) is 0 Å². The average Bonchev–Trinajstić information content (AvgIpc) is 2.33. The standard InChI is InChI=1S/C16H26OSSi/c1-16(2,3)19(4,5)17-13-9-10-14-18-15-11-7-6-8-12-15/h6-8,10-12,14H,9,13H2,1-5H3/b14-10+. The van der Waals surface area contributed by atoms with Crippen molar-refractivity contribution in [3.63, 3.8) is 0 Å². The molecule has 3 heteroatoms. The summed E-state index contributed by atoms with van der Waals surface area (Å²) < 4.78 is 6.12. The molecule has 0 aliphatic carbocycles. The lowest BCUT2D eigenvalue weighted by molar-refractivity contribution is 0.294. The largest absolute Gasteiger partial charge is 0.417 e. The molecule has 0 N–H and O–H groups in total. The van der Waals surface area contributed by atoms with Crippen molar-refractivity contribution in [3.8, 4) is 0 Å². The molecule has 0 aromatic heterocycles. The van der Waals surface area contributed by atoms with Crippen LogP contribution < -0.4 is 0 Å². The van der Waals surface area contributed by atoms with Gasteiger partial charge in [-0.3, -0.25) is 0 Å². The van der Waals surface area contributed by atoms with E-state index in [2.05, 4.69) is 69.6 Å². The molecule has 0 unspecified atom stereocenters. The fraction of sp³-hybridized carbons (Fsp3) is 0.500. The van der Waals surface area contributed by atoms with Crippen molar-refractivity contribution in [1.82, 2.24) is 0 Å². The van der Waals surface area contributed by atoms with Crippen LogP contribution in [0.25, 0.3) is 0 Å². The van der Waals surface area contributed by atoms with Crippen LogP contribution in [0.1, 0.15) is 27.2 Å². The predicted octanol–water partition coefficient (Wildman–Crippen LogP) is 5.70. The second-order valence-corrected chi connectivity index (χ2v) is 12.0. The van der Waals surface area contributed by atoms with Crippen molar-refractivity contribution in [2.24, 2.45) is 0 Å². The number of thioether (sulfide) groups is 1. The fourth-order valence-corrected chi connectivity index (χ4v) is 3.06. The van der Waals surface area contributed by atoms with Gasteiger partial charge in [0.2, 0.25) is 0 Å². The van der Waals surface area contributed by atoms with Gasteiger partial charge in [-0.2, -0.15) is 0 Å². The summed E-state index contributed by atoms with van der Waals surface area (Å²) in [6.45, 7) is 12.3. The second-order valence-electron chi connectivity index (χ2n) is 6.20. The van der Waals surface area contributed by atoms with Gasteiger partial charge in [0.15, 0.2) is 8.32 Å². The van der Waals surface area contributed by atoms with E-state index in [0.29, 0.717) is 5.04 Å². The van der Waals surface area contributed by atoms with Crippen molar-refractivity contribution < 1.29 is 4.43 Å².